The SMILES string of the molecule is O=C(O)CCCNC(=O)C[C@H]1S\C(=N/N=C\C=C\c2ccccc2)NC1=O. The second-order valence-corrected chi connectivity index (χ2v) is 6.78. The maximum Gasteiger partial charge on any atom is 0.303 e. The van der Waals surface area contributed by atoms with Crippen molar-refractivity contribution in [2.75, 3.05) is 6.54 Å². The average molecular weight is 388 g/mol. The van der Waals surface area contributed by atoms with E-state index in [-0.39, 0.29) is 31.2 Å². The standard InChI is InChI=1S/C18H20N4O4S/c23-15(19-10-5-9-16(24)25)12-14-17(26)21-18(27-14)22-20-11-4-8-13-6-2-1-3-7-13/h1-4,6-8,11,14H,5,9-10,12H2,(H,19,23)(H,24,25)(H,21,22,26)/b8-4+,20-11-/t14-/m1/s1. The molecule has 27 heavy (non-hydrogen) atoms. The number of aliphatic carboxylic acids is 1. The minimum Gasteiger partial charge on any atom is -0.481 e. The summed E-state index contributed by atoms with van der Waals surface area (Å²) >= 11 is 1.14. The molecule has 1 saturated heterocycles. The lowest BCUT2D eigenvalue weighted by Crippen LogP contribution is -2.31. The van der Waals surface area contributed by atoms with Crippen LogP contribution < -0.4 is 10.6 Å². The molecule has 0 bridgehead atoms. The van der Waals surface area contributed by atoms with Gasteiger partial charge in [-0.2, -0.15) is 5.10 Å². The van der Waals surface area contributed by atoms with Crippen molar-refractivity contribution in [2.24, 2.45) is 10.2 Å². The Morgan fingerprint density at radius 3 is 2.81 bits per heavy atom. The van der Waals surface area contributed by atoms with E-state index in [1.54, 1.807) is 6.08 Å². The molecule has 2 amide bonds. The molecular formula is C18H20N4O4S. The van der Waals surface area contributed by atoms with E-state index < -0.39 is 11.2 Å². The predicted octanol–water partition coefficient (Wildman–Crippen LogP) is 1.64. The molecular weight excluding hydrogens is 368 g/mol. The zero-order valence-electron chi connectivity index (χ0n) is 14.5. The van der Waals surface area contributed by atoms with Crippen molar-refractivity contribution in [3.8, 4) is 0 Å². The van der Waals surface area contributed by atoms with Crippen molar-refractivity contribution < 1.29 is 19.5 Å². The highest BCUT2D eigenvalue weighted by atomic mass is 32.2. The highest BCUT2D eigenvalue weighted by Crippen LogP contribution is 2.22. The summed E-state index contributed by atoms with van der Waals surface area (Å²) in [6.07, 6.45) is 5.47. The van der Waals surface area contributed by atoms with Crippen molar-refractivity contribution >= 4 is 47.0 Å². The van der Waals surface area contributed by atoms with Gasteiger partial charge in [0.2, 0.25) is 11.8 Å². The number of thioether (sulfide) groups is 1. The van der Waals surface area contributed by atoms with E-state index in [0.29, 0.717) is 11.6 Å². The highest BCUT2D eigenvalue weighted by molar-refractivity contribution is 8.15. The summed E-state index contributed by atoms with van der Waals surface area (Å²) in [5.41, 5.74) is 1.04. The number of allylic oxidation sites excluding steroid dienone is 1. The quantitative estimate of drug-likeness (QED) is 0.337. The van der Waals surface area contributed by atoms with Crippen LogP contribution in [-0.4, -0.2) is 46.1 Å². The summed E-state index contributed by atoms with van der Waals surface area (Å²) in [5, 5.41) is 21.3. The second-order valence-electron chi connectivity index (χ2n) is 5.59. The summed E-state index contributed by atoms with van der Waals surface area (Å²) in [7, 11) is 0. The summed E-state index contributed by atoms with van der Waals surface area (Å²) < 4.78 is 0. The van der Waals surface area contributed by atoms with Gasteiger partial charge in [0.15, 0.2) is 5.17 Å². The molecule has 1 aromatic rings. The first-order chi connectivity index (χ1) is 13.0. The Bertz CT molecular complexity index is 762. The molecule has 142 valence electrons. The van der Waals surface area contributed by atoms with Crippen LogP contribution in [0.5, 0.6) is 0 Å². The molecule has 0 aromatic heterocycles. The van der Waals surface area contributed by atoms with Gasteiger partial charge in [0, 0.05) is 25.6 Å². The zero-order chi connectivity index (χ0) is 19.5. The number of benzene rings is 1. The number of nitrogens with one attached hydrogen (secondary N) is 2. The molecule has 9 heteroatoms. The number of hydrogen-bond acceptors (Lipinski definition) is 6. The van der Waals surface area contributed by atoms with E-state index in [1.807, 2.05) is 36.4 Å². The van der Waals surface area contributed by atoms with E-state index in [4.69, 9.17) is 5.11 Å². The van der Waals surface area contributed by atoms with Crippen LogP contribution in [0.4, 0.5) is 0 Å². The number of carboxylic acids is 1. The van der Waals surface area contributed by atoms with Crippen LogP contribution in [0.2, 0.25) is 0 Å². The van der Waals surface area contributed by atoms with Crippen molar-refractivity contribution in [2.45, 2.75) is 24.5 Å². The van der Waals surface area contributed by atoms with Gasteiger partial charge in [-0.05, 0) is 18.1 Å². The maximum absolute atomic E-state index is 11.9. The fourth-order valence-corrected chi connectivity index (χ4v) is 3.06. The molecule has 1 fully saturated rings. The van der Waals surface area contributed by atoms with Gasteiger partial charge < -0.3 is 15.7 Å². The van der Waals surface area contributed by atoms with Crippen LogP contribution in [0.25, 0.3) is 6.08 Å². The third-order valence-corrected chi connectivity index (χ3v) is 4.50. The number of amidine groups is 1. The molecule has 1 heterocycles. The fraction of sp³-hybridized carbons (Fsp3) is 0.278. The van der Waals surface area contributed by atoms with Gasteiger partial charge in [-0.25, -0.2) is 0 Å². The monoisotopic (exact) mass is 388 g/mol. The molecule has 1 aromatic carbocycles. The molecule has 0 unspecified atom stereocenters. The number of amides is 2. The molecule has 0 aliphatic carbocycles. The molecule has 3 N–H and O–H groups in total. The maximum atomic E-state index is 11.9. The van der Waals surface area contributed by atoms with E-state index >= 15 is 0 Å². The number of hydrogen-bond donors (Lipinski definition) is 3. The lowest BCUT2D eigenvalue weighted by atomic mass is 10.2. The first-order valence-electron chi connectivity index (χ1n) is 8.33. The molecule has 1 aliphatic heterocycles. The first-order valence-corrected chi connectivity index (χ1v) is 9.21. The molecule has 0 radical (unpaired) electrons. The number of carboxylic acid groups (broad SMARTS) is 1. The zero-order valence-corrected chi connectivity index (χ0v) is 15.3. The number of carbonyl (C=O) groups excluding carboxylic acids is 2. The van der Waals surface area contributed by atoms with Gasteiger partial charge in [0.25, 0.3) is 0 Å². The van der Waals surface area contributed by atoms with Gasteiger partial charge in [-0.3, -0.25) is 14.4 Å². The van der Waals surface area contributed by atoms with Crippen LogP contribution in [-0.2, 0) is 14.4 Å². The van der Waals surface area contributed by atoms with E-state index in [9.17, 15) is 14.4 Å². The van der Waals surface area contributed by atoms with E-state index in [1.165, 1.54) is 6.21 Å². The van der Waals surface area contributed by atoms with Crippen LogP contribution in [0.1, 0.15) is 24.8 Å². The van der Waals surface area contributed by atoms with Crippen molar-refractivity contribution in [3.05, 3.63) is 42.0 Å². The Morgan fingerprint density at radius 2 is 2.07 bits per heavy atom. The Balaban J connectivity index is 1.74. The molecule has 0 spiro atoms. The van der Waals surface area contributed by atoms with E-state index in [2.05, 4.69) is 20.8 Å². The van der Waals surface area contributed by atoms with Crippen LogP contribution in [0, 0.1) is 0 Å². The third kappa shape index (κ3) is 7.87. The van der Waals surface area contributed by atoms with Crippen LogP contribution in [0.3, 0.4) is 0 Å². The normalized spacial score (nSPS) is 18.3. The molecule has 1 atom stereocenters. The van der Waals surface area contributed by atoms with Crippen LogP contribution in [0.15, 0.2) is 46.6 Å². The smallest absolute Gasteiger partial charge is 0.303 e. The summed E-state index contributed by atoms with van der Waals surface area (Å²) in [4.78, 5) is 34.1. The topological polar surface area (TPSA) is 120 Å². The first kappa shape index (κ1) is 20.4. The highest BCUT2D eigenvalue weighted by Gasteiger charge is 2.32. The van der Waals surface area contributed by atoms with Crippen molar-refractivity contribution in [1.82, 2.24) is 10.6 Å². The predicted molar refractivity (Wildman–Crippen MR) is 105 cm³/mol. The third-order valence-electron chi connectivity index (χ3n) is 3.43. The molecule has 1 aliphatic rings. The second kappa shape index (κ2) is 10.9. The van der Waals surface area contributed by atoms with Gasteiger partial charge in [-0.1, -0.05) is 48.2 Å². The minimum absolute atomic E-state index is 0.000214. The number of nitrogens with zero attached hydrogens (tertiary/aromatic N) is 2. The Kier molecular flexibility index (Phi) is 8.24. The van der Waals surface area contributed by atoms with Gasteiger partial charge in [-0.15, -0.1) is 5.10 Å². The van der Waals surface area contributed by atoms with Crippen molar-refractivity contribution in [3.63, 3.8) is 0 Å². The fourth-order valence-electron chi connectivity index (χ4n) is 2.14. The lowest BCUT2D eigenvalue weighted by Gasteiger charge is -2.06. The van der Waals surface area contributed by atoms with E-state index in [0.717, 1.165) is 17.3 Å². The Morgan fingerprint density at radius 1 is 1.30 bits per heavy atom. The Labute approximate surface area is 160 Å². The Hall–Kier alpha value is -2.94. The lowest BCUT2D eigenvalue weighted by molar-refractivity contribution is -0.137. The number of rotatable bonds is 9. The summed E-state index contributed by atoms with van der Waals surface area (Å²) in [6.45, 7) is 0.267. The van der Waals surface area contributed by atoms with Gasteiger partial charge in [0.1, 0.15) is 5.25 Å². The summed E-state index contributed by atoms with van der Waals surface area (Å²) in [6, 6.07) is 9.72. The van der Waals surface area contributed by atoms with Crippen molar-refractivity contribution in [1.29, 1.82) is 0 Å². The molecule has 2 rings (SSSR count). The number of carbonyl (C=O) groups is 3. The average Bonchev–Trinajstić information content (AvgIpc) is 2.98. The van der Waals surface area contributed by atoms with Gasteiger partial charge in [0.05, 0.1) is 0 Å². The van der Waals surface area contributed by atoms with Crippen LogP contribution >= 0.6 is 11.8 Å². The van der Waals surface area contributed by atoms with Gasteiger partial charge >= 0.3 is 5.97 Å². The largest absolute Gasteiger partial charge is 0.481 e. The molecule has 8 nitrogen and oxygen atoms in total. The molecule has 0 saturated carbocycles. The summed E-state index contributed by atoms with van der Waals surface area (Å²) in [5.74, 6) is -1.51. The minimum atomic E-state index is -0.907.